The molecule has 1 aliphatic heterocycles. The minimum absolute atomic E-state index is 0.0142. The number of amides is 1. The zero-order chi connectivity index (χ0) is 21.6. The third-order valence-corrected chi connectivity index (χ3v) is 5.99. The Morgan fingerprint density at radius 3 is 2.48 bits per heavy atom. The van der Waals surface area contributed by atoms with Gasteiger partial charge in [-0.15, -0.1) is 0 Å². The van der Waals surface area contributed by atoms with Gasteiger partial charge in [0, 0.05) is 49.6 Å². The minimum atomic E-state index is 0.0142. The van der Waals surface area contributed by atoms with Crippen LogP contribution in [0.25, 0.3) is 0 Å². The van der Waals surface area contributed by atoms with Crippen LogP contribution in [-0.2, 0) is 6.61 Å². The van der Waals surface area contributed by atoms with Crippen LogP contribution in [0.2, 0.25) is 5.02 Å². The molecule has 1 saturated heterocycles. The van der Waals surface area contributed by atoms with Gasteiger partial charge in [-0.25, -0.2) is 0 Å². The van der Waals surface area contributed by atoms with Gasteiger partial charge in [-0.1, -0.05) is 41.9 Å². The van der Waals surface area contributed by atoms with Crippen molar-refractivity contribution in [2.45, 2.75) is 19.6 Å². The molecule has 1 fully saturated rings. The van der Waals surface area contributed by atoms with Crippen molar-refractivity contribution in [3.05, 3.63) is 94.8 Å². The van der Waals surface area contributed by atoms with Crippen LogP contribution in [0.4, 0.5) is 0 Å². The van der Waals surface area contributed by atoms with E-state index < -0.39 is 0 Å². The Morgan fingerprint density at radius 2 is 1.77 bits per heavy atom. The van der Waals surface area contributed by atoms with Crippen molar-refractivity contribution >= 4 is 17.5 Å². The summed E-state index contributed by atoms with van der Waals surface area (Å²) < 4.78 is 5.98. The topological polar surface area (TPSA) is 45.7 Å². The summed E-state index contributed by atoms with van der Waals surface area (Å²) >= 11 is 5.95. The monoisotopic (exact) mass is 435 g/mol. The number of carbonyl (C=O) groups excluding carboxylic acids is 1. The zero-order valence-electron chi connectivity index (χ0n) is 17.6. The van der Waals surface area contributed by atoms with E-state index in [0.717, 1.165) is 18.7 Å². The van der Waals surface area contributed by atoms with Crippen LogP contribution in [0, 0.1) is 0 Å². The molecule has 1 atom stereocenters. The summed E-state index contributed by atoms with van der Waals surface area (Å²) in [5.41, 5.74) is 2.80. The number of rotatable bonds is 6. The first-order valence-electron chi connectivity index (χ1n) is 10.5. The molecule has 31 heavy (non-hydrogen) atoms. The Balaban J connectivity index is 1.38. The smallest absolute Gasteiger partial charge is 0.257 e. The molecule has 0 saturated carbocycles. The van der Waals surface area contributed by atoms with E-state index in [0.29, 0.717) is 36.0 Å². The van der Waals surface area contributed by atoms with E-state index in [9.17, 15) is 4.79 Å². The van der Waals surface area contributed by atoms with Crippen molar-refractivity contribution in [1.82, 2.24) is 14.8 Å². The Labute approximate surface area is 188 Å². The fourth-order valence-electron chi connectivity index (χ4n) is 3.83. The molecule has 1 aromatic heterocycles. The molecule has 5 nitrogen and oxygen atoms in total. The van der Waals surface area contributed by atoms with Gasteiger partial charge in [0.15, 0.2) is 0 Å². The average Bonchev–Trinajstić information content (AvgIpc) is 2.83. The number of nitrogens with zero attached hydrogens (tertiary/aromatic N) is 3. The van der Waals surface area contributed by atoms with Crippen LogP contribution in [0.3, 0.4) is 0 Å². The number of carbonyl (C=O) groups is 1. The fraction of sp³-hybridized carbons (Fsp3) is 0.280. The second-order valence-corrected chi connectivity index (χ2v) is 8.14. The van der Waals surface area contributed by atoms with E-state index in [2.05, 4.69) is 22.9 Å². The van der Waals surface area contributed by atoms with Crippen LogP contribution in [0.1, 0.15) is 34.5 Å². The second-order valence-electron chi connectivity index (χ2n) is 7.70. The first kappa shape index (κ1) is 21.3. The SMILES string of the molecule is CC(c1cccnc1)N1CCN(C(=O)c2ccccc2OCc2ccc(Cl)cc2)CC1. The number of halogens is 1. The molecule has 4 rings (SSSR count). The number of aromatic nitrogens is 1. The van der Waals surface area contributed by atoms with Crippen molar-refractivity contribution < 1.29 is 9.53 Å². The van der Waals surface area contributed by atoms with Gasteiger partial charge in [-0.2, -0.15) is 0 Å². The van der Waals surface area contributed by atoms with Crippen LogP contribution < -0.4 is 4.74 Å². The van der Waals surface area contributed by atoms with Gasteiger partial charge in [0.2, 0.25) is 0 Å². The Hall–Kier alpha value is -2.89. The molecule has 6 heteroatoms. The van der Waals surface area contributed by atoms with Crippen molar-refractivity contribution in [2.75, 3.05) is 26.2 Å². The van der Waals surface area contributed by atoms with Gasteiger partial charge in [-0.3, -0.25) is 14.7 Å². The number of benzene rings is 2. The van der Waals surface area contributed by atoms with E-state index in [1.54, 1.807) is 6.20 Å². The normalized spacial score (nSPS) is 15.5. The highest BCUT2D eigenvalue weighted by Crippen LogP contribution is 2.24. The minimum Gasteiger partial charge on any atom is -0.488 e. The van der Waals surface area contributed by atoms with Crippen LogP contribution in [0.15, 0.2) is 73.1 Å². The quantitative estimate of drug-likeness (QED) is 0.556. The third-order valence-electron chi connectivity index (χ3n) is 5.74. The molecule has 0 bridgehead atoms. The lowest BCUT2D eigenvalue weighted by Gasteiger charge is -2.38. The molecule has 1 amide bonds. The predicted molar refractivity (Wildman–Crippen MR) is 122 cm³/mol. The summed E-state index contributed by atoms with van der Waals surface area (Å²) in [7, 11) is 0. The molecule has 160 valence electrons. The summed E-state index contributed by atoms with van der Waals surface area (Å²) in [5, 5.41) is 0.691. The predicted octanol–water partition coefficient (Wildman–Crippen LogP) is 4.83. The first-order chi connectivity index (χ1) is 15.1. The lowest BCUT2D eigenvalue weighted by atomic mass is 10.1. The average molecular weight is 436 g/mol. The lowest BCUT2D eigenvalue weighted by Crippen LogP contribution is -2.49. The van der Waals surface area contributed by atoms with E-state index in [1.807, 2.05) is 65.7 Å². The highest BCUT2D eigenvalue weighted by Gasteiger charge is 2.26. The van der Waals surface area contributed by atoms with Gasteiger partial charge >= 0.3 is 0 Å². The van der Waals surface area contributed by atoms with Gasteiger partial charge < -0.3 is 9.64 Å². The summed E-state index contributed by atoms with van der Waals surface area (Å²) in [6.45, 7) is 5.61. The standard InChI is InChI=1S/C25H26ClN3O2/c1-19(21-5-4-12-27-17-21)28-13-15-29(16-14-28)25(30)23-6-2-3-7-24(23)31-18-20-8-10-22(26)11-9-20/h2-12,17,19H,13-16,18H2,1H3. The van der Waals surface area contributed by atoms with E-state index in [1.165, 1.54) is 5.56 Å². The van der Waals surface area contributed by atoms with Gasteiger partial charge in [0.1, 0.15) is 12.4 Å². The van der Waals surface area contributed by atoms with E-state index in [-0.39, 0.29) is 11.9 Å². The Kier molecular flexibility index (Phi) is 6.85. The first-order valence-corrected chi connectivity index (χ1v) is 10.9. The molecule has 2 aromatic carbocycles. The molecular weight excluding hydrogens is 410 g/mol. The maximum Gasteiger partial charge on any atom is 0.257 e. The molecule has 3 aromatic rings. The van der Waals surface area contributed by atoms with Crippen molar-refractivity contribution in [2.24, 2.45) is 0 Å². The highest BCUT2D eigenvalue weighted by molar-refractivity contribution is 6.30. The molecule has 1 aliphatic rings. The Bertz CT molecular complexity index is 1000. The van der Waals surface area contributed by atoms with Crippen LogP contribution in [0.5, 0.6) is 5.75 Å². The number of para-hydroxylation sites is 1. The lowest BCUT2D eigenvalue weighted by molar-refractivity contribution is 0.0577. The number of hydrogen-bond acceptors (Lipinski definition) is 4. The summed E-state index contributed by atoms with van der Waals surface area (Å²) in [4.78, 5) is 21.8. The number of hydrogen-bond donors (Lipinski definition) is 0. The molecule has 0 spiro atoms. The highest BCUT2D eigenvalue weighted by atomic mass is 35.5. The van der Waals surface area contributed by atoms with Crippen LogP contribution >= 0.6 is 11.6 Å². The number of piperazine rings is 1. The number of pyridine rings is 1. The van der Waals surface area contributed by atoms with E-state index >= 15 is 0 Å². The Morgan fingerprint density at radius 1 is 1.03 bits per heavy atom. The molecule has 2 heterocycles. The molecule has 1 unspecified atom stereocenters. The van der Waals surface area contributed by atoms with Crippen LogP contribution in [-0.4, -0.2) is 46.9 Å². The third kappa shape index (κ3) is 5.24. The zero-order valence-corrected chi connectivity index (χ0v) is 18.3. The number of ether oxygens (including phenoxy) is 1. The molecular formula is C25H26ClN3O2. The van der Waals surface area contributed by atoms with Crippen molar-refractivity contribution in [1.29, 1.82) is 0 Å². The largest absolute Gasteiger partial charge is 0.488 e. The molecule has 0 N–H and O–H groups in total. The maximum atomic E-state index is 13.2. The van der Waals surface area contributed by atoms with Gasteiger partial charge in [0.25, 0.3) is 5.91 Å². The van der Waals surface area contributed by atoms with Crippen molar-refractivity contribution in [3.8, 4) is 5.75 Å². The second kappa shape index (κ2) is 9.94. The molecule has 0 aliphatic carbocycles. The maximum absolute atomic E-state index is 13.2. The summed E-state index contributed by atoms with van der Waals surface area (Å²) in [6, 6.07) is 19.3. The fourth-order valence-corrected chi connectivity index (χ4v) is 3.95. The summed E-state index contributed by atoms with van der Waals surface area (Å²) in [5.74, 6) is 0.619. The van der Waals surface area contributed by atoms with Gasteiger partial charge in [-0.05, 0) is 48.4 Å². The summed E-state index contributed by atoms with van der Waals surface area (Å²) in [6.07, 6.45) is 3.70. The van der Waals surface area contributed by atoms with Crippen molar-refractivity contribution in [3.63, 3.8) is 0 Å². The van der Waals surface area contributed by atoms with Gasteiger partial charge in [0.05, 0.1) is 5.56 Å². The molecule has 0 radical (unpaired) electrons. The van der Waals surface area contributed by atoms with E-state index in [4.69, 9.17) is 16.3 Å².